The number of carboxylic acids is 1. The van der Waals surface area contributed by atoms with Gasteiger partial charge >= 0.3 is 5.97 Å². The maximum absolute atomic E-state index is 11.2. The summed E-state index contributed by atoms with van der Waals surface area (Å²) in [6, 6.07) is 21.6. The standard InChI is InChI=1S/C20H14I2O3/c21-17-10-15(20(23)24)11-18(22)19(17)25-12-14-8-4-5-9-16(14)13-6-2-1-3-7-13/h1-11H,12H2,(H,23,24). The van der Waals surface area contributed by atoms with Gasteiger partial charge in [0.1, 0.15) is 12.4 Å². The van der Waals surface area contributed by atoms with Gasteiger partial charge in [0, 0.05) is 0 Å². The molecule has 0 radical (unpaired) electrons. The highest BCUT2D eigenvalue weighted by Crippen LogP contribution is 2.31. The van der Waals surface area contributed by atoms with Gasteiger partial charge in [0.05, 0.1) is 12.7 Å². The van der Waals surface area contributed by atoms with Crippen molar-refractivity contribution in [1.29, 1.82) is 0 Å². The van der Waals surface area contributed by atoms with Gasteiger partial charge < -0.3 is 9.84 Å². The average molecular weight is 556 g/mol. The van der Waals surface area contributed by atoms with E-state index in [2.05, 4.69) is 63.4 Å². The van der Waals surface area contributed by atoms with Crippen LogP contribution in [-0.2, 0) is 6.61 Å². The van der Waals surface area contributed by atoms with Crippen LogP contribution in [0.15, 0.2) is 66.7 Å². The Balaban J connectivity index is 1.87. The van der Waals surface area contributed by atoms with Crippen molar-refractivity contribution in [2.45, 2.75) is 6.61 Å². The van der Waals surface area contributed by atoms with Gasteiger partial charge in [-0.25, -0.2) is 4.79 Å². The first-order valence-corrected chi connectivity index (χ1v) is 9.70. The predicted molar refractivity (Wildman–Crippen MR) is 115 cm³/mol. The predicted octanol–water partition coefficient (Wildman–Crippen LogP) is 5.84. The fourth-order valence-electron chi connectivity index (χ4n) is 2.52. The van der Waals surface area contributed by atoms with E-state index in [4.69, 9.17) is 9.84 Å². The van der Waals surface area contributed by atoms with E-state index in [0.29, 0.717) is 12.4 Å². The van der Waals surface area contributed by atoms with Crippen molar-refractivity contribution in [1.82, 2.24) is 0 Å². The number of carbonyl (C=O) groups is 1. The summed E-state index contributed by atoms with van der Waals surface area (Å²) in [5.41, 5.74) is 3.64. The number of carboxylic acid groups (broad SMARTS) is 1. The van der Waals surface area contributed by atoms with Gasteiger partial charge in [-0.05, 0) is 74.0 Å². The molecule has 3 aromatic carbocycles. The second-order valence-electron chi connectivity index (χ2n) is 5.39. The number of ether oxygens (including phenoxy) is 1. The molecule has 0 unspecified atom stereocenters. The molecule has 0 aliphatic rings. The molecule has 0 aromatic heterocycles. The van der Waals surface area contributed by atoms with Crippen LogP contribution in [0.3, 0.4) is 0 Å². The Kier molecular flexibility index (Phi) is 5.95. The van der Waals surface area contributed by atoms with Crippen LogP contribution >= 0.6 is 45.2 Å². The molecular formula is C20H14I2O3. The van der Waals surface area contributed by atoms with Crippen molar-refractivity contribution < 1.29 is 14.6 Å². The smallest absolute Gasteiger partial charge is 0.335 e. The average Bonchev–Trinajstić information content (AvgIpc) is 2.62. The summed E-state index contributed by atoms with van der Waals surface area (Å²) < 4.78 is 7.62. The molecule has 0 saturated carbocycles. The van der Waals surface area contributed by atoms with E-state index >= 15 is 0 Å². The van der Waals surface area contributed by atoms with Crippen LogP contribution in [0.2, 0.25) is 0 Å². The first kappa shape index (κ1) is 18.2. The minimum atomic E-state index is -0.934. The maximum atomic E-state index is 11.2. The van der Waals surface area contributed by atoms with Crippen molar-refractivity contribution in [3.63, 3.8) is 0 Å². The molecule has 0 aliphatic carbocycles. The lowest BCUT2D eigenvalue weighted by atomic mass is 10.0. The second-order valence-corrected chi connectivity index (χ2v) is 7.71. The number of hydrogen-bond donors (Lipinski definition) is 1. The van der Waals surface area contributed by atoms with Crippen LogP contribution in [0.5, 0.6) is 5.75 Å². The third-order valence-electron chi connectivity index (χ3n) is 3.72. The normalized spacial score (nSPS) is 10.5. The summed E-state index contributed by atoms with van der Waals surface area (Å²) in [7, 11) is 0. The monoisotopic (exact) mass is 556 g/mol. The quantitative estimate of drug-likeness (QED) is 0.402. The highest BCUT2D eigenvalue weighted by atomic mass is 127. The molecule has 0 heterocycles. The Hall–Kier alpha value is -1.61. The summed E-state index contributed by atoms with van der Waals surface area (Å²) >= 11 is 4.23. The van der Waals surface area contributed by atoms with Crippen molar-refractivity contribution in [2.75, 3.05) is 0 Å². The van der Waals surface area contributed by atoms with Gasteiger partial charge in [-0.2, -0.15) is 0 Å². The third kappa shape index (κ3) is 4.33. The molecule has 0 bridgehead atoms. The zero-order valence-electron chi connectivity index (χ0n) is 13.1. The lowest BCUT2D eigenvalue weighted by molar-refractivity contribution is 0.0696. The Morgan fingerprint density at radius 1 is 0.920 bits per heavy atom. The van der Waals surface area contributed by atoms with Crippen LogP contribution in [0.1, 0.15) is 15.9 Å². The van der Waals surface area contributed by atoms with Crippen LogP contribution in [0, 0.1) is 7.14 Å². The lowest BCUT2D eigenvalue weighted by Crippen LogP contribution is -2.03. The Bertz CT molecular complexity index is 885. The SMILES string of the molecule is O=C(O)c1cc(I)c(OCc2ccccc2-c2ccccc2)c(I)c1. The second kappa shape index (κ2) is 8.18. The van der Waals surface area contributed by atoms with Crippen molar-refractivity contribution in [3.05, 3.63) is 85.0 Å². The highest BCUT2D eigenvalue weighted by Gasteiger charge is 2.13. The zero-order chi connectivity index (χ0) is 17.8. The number of halogens is 2. The van der Waals surface area contributed by atoms with Gasteiger partial charge in [-0.1, -0.05) is 54.6 Å². The van der Waals surface area contributed by atoms with Gasteiger partial charge in [0.2, 0.25) is 0 Å². The molecule has 3 aromatic rings. The van der Waals surface area contributed by atoms with Crippen molar-refractivity contribution >= 4 is 51.2 Å². The first-order valence-electron chi connectivity index (χ1n) is 7.54. The fourth-order valence-corrected chi connectivity index (χ4v) is 4.60. The van der Waals surface area contributed by atoms with Crippen LogP contribution < -0.4 is 4.74 Å². The first-order chi connectivity index (χ1) is 12.1. The summed E-state index contributed by atoms with van der Waals surface area (Å²) in [4.78, 5) is 11.2. The van der Waals surface area contributed by atoms with Crippen molar-refractivity contribution in [2.24, 2.45) is 0 Å². The Morgan fingerprint density at radius 2 is 1.52 bits per heavy atom. The van der Waals surface area contributed by atoms with Gasteiger partial charge in [-0.15, -0.1) is 0 Å². The molecule has 3 rings (SSSR count). The van der Waals surface area contributed by atoms with Crippen LogP contribution in [0.4, 0.5) is 0 Å². The summed E-state index contributed by atoms with van der Waals surface area (Å²) in [6.45, 7) is 0.420. The van der Waals surface area contributed by atoms with E-state index in [-0.39, 0.29) is 5.56 Å². The largest absolute Gasteiger partial charge is 0.487 e. The Labute approximate surface area is 173 Å². The zero-order valence-corrected chi connectivity index (χ0v) is 17.4. The van der Waals surface area contributed by atoms with E-state index in [9.17, 15) is 4.79 Å². The Morgan fingerprint density at radius 3 is 2.16 bits per heavy atom. The van der Waals surface area contributed by atoms with Gasteiger partial charge in [0.25, 0.3) is 0 Å². The van der Waals surface area contributed by atoms with E-state index in [1.54, 1.807) is 12.1 Å². The molecule has 1 N–H and O–H groups in total. The molecule has 0 aliphatic heterocycles. The summed E-state index contributed by atoms with van der Waals surface area (Å²) in [6.07, 6.45) is 0. The van der Waals surface area contributed by atoms with E-state index in [1.165, 1.54) is 0 Å². The summed E-state index contributed by atoms with van der Waals surface area (Å²) in [5.74, 6) is -0.217. The minimum Gasteiger partial charge on any atom is -0.487 e. The summed E-state index contributed by atoms with van der Waals surface area (Å²) in [5, 5.41) is 9.15. The lowest BCUT2D eigenvalue weighted by Gasteiger charge is -2.14. The molecule has 0 saturated heterocycles. The molecule has 3 nitrogen and oxygen atoms in total. The third-order valence-corrected chi connectivity index (χ3v) is 5.32. The fraction of sp³-hybridized carbons (Fsp3) is 0.0500. The molecule has 126 valence electrons. The van der Waals surface area contributed by atoms with E-state index in [1.807, 2.05) is 36.4 Å². The number of aromatic carboxylic acids is 1. The molecule has 5 heteroatoms. The number of hydrogen-bond acceptors (Lipinski definition) is 2. The highest BCUT2D eigenvalue weighted by molar-refractivity contribution is 14.1. The number of rotatable bonds is 5. The number of benzene rings is 3. The van der Waals surface area contributed by atoms with E-state index < -0.39 is 5.97 Å². The van der Waals surface area contributed by atoms with Gasteiger partial charge in [-0.3, -0.25) is 0 Å². The van der Waals surface area contributed by atoms with Gasteiger partial charge in [0.15, 0.2) is 0 Å². The van der Waals surface area contributed by atoms with Crippen LogP contribution in [0.25, 0.3) is 11.1 Å². The van der Waals surface area contributed by atoms with Crippen molar-refractivity contribution in [3.8, 4) is 16.9 Å². The minimum absolute atomic E-state index is 0.269. The van der Waals surface area contributed by atoms with Crippen LogP contribution in [-0.4, -0.2) is 11.1 Å². The molecule has 25 heavy (non-hydrogen) atoms. The molecule has 0 amide bonds. The topological polar surface area (TPSA) is 46.5 Å². The molecule has 0 atom stereocenters. The maximum Gasteiger partial charge on any atom is 0.335 e. The molecule has 0 fully saturated rings. The molecule has 0 spiro atoms. The molecular weight excluding hydrogens is 542 g/mol. The van der Waals surface area contributed by atoms with E-state index in [0.717, 1.165) is 23.8 Å².